The van der Waals surface area contributed by atoms with Gasteiger partial charge in [0, 0.05) is 16.7 Å². The highest BCUT2D eigenvalue weighted by atomic mass is 16.3. The molecule has 0 spiro atoms. The van der Waals surface area contributed by atoms with Crippen LogP contribution in [0.5, 0.6) is 5.75 Å². The molecule has 2 aromatic rings. The lowest BCUT2D eigenvalue weighted by atomic mass is 9.84. The molecule has 0 unspecified atom stereocenters. The zero-order valence-corrected chi connectivity index (χ0v) is 8.77. The first-order valence-electron chi connectivity index (χ1n) is 5.59. The van der Waals surface area contributed by atoms with Gasteiger partial charge >= 0.3 is 0 Å². The number of carbonyl (C=O) groups is 2. The smallest absolute Gasteiger partial charge is 0.293 e. The third-order valence-electron chi connectivity index (χ3n) is 2.91. The highest BCUT2D eigenvalue weighted by Crippen LogP contribution is 2.32. The first kappa shape index (κ1) is 8.70. The van der Waals surface area contributed by atoms with Crippen LogP contribution in [0.2, 0.25) is 0 Å². The fourth-order valence-electron chi connectivity index (χ4n) is 2.11. The Labute approximate surface area is 98.8 Å². The van der Waals surface area contributed by atoms with Gasteiger partial charge in [-0.15, -0.1) is 0 Å². The number of rotatable bonds is 1. The van der Waals surface area contributed by atoms with Gasteiger partial charge in [0.15, 0.2) is 11.6 Å². The number of aromatic hydroxyl groups is 1. The molecule has 1 aliphatic carbocycles. The van der Waals surface area contributed by atoms with Gasteiger partial charge in [0.2, 0.25) is 0 Å². The molecule has 0 bridgehead atoms. The second kappa shape index (κ2) is 3.28. The summed E-state index contributed by atoms with van der Waals surface area (Å²) in [6.07, 6.45) is 0. The first-order valence-corrected chi connectivity index (χ1v) is 5.18. The van der Waals surface area contributed by atoms with E-state index in [-0.39, 0.29) is 22.9 Å². The summed E-state index contributed by atoms with van der Waals surface area (Å²) in [7, 11) is 0. The van der Waals surface area contributed by atoms with Crippen molar-refractivity contribution >= 4 is 11.6 Å². The summed E-state index contributed by atoms with van der Waals surface area (Å²) in [5, 5.41) is 4.42. The van der Waals surface area contributed by atoms with Crippen LogP contribution in [0.25, 0.3) is 0 Å². The van der Waals surface area contributed by atoms with Crippen LogP contribution in [-0.4, -0.2) is 18.1 Å². The third-order valence-corrected chi connectivity index (χ3v) is 2.91. The molecule has 82 valence electrons. The van der Waals surface area contributed by atoms with Crippen molar-refractivity contribution in [3.63, 3.8) is 0 Å². The Morgan fingerprint density at radius 3 is 2.18 bits per heavy atom. The fraction of sp³-hybridized carbons (Fsp3) is 0. The van der Waals surface area contributed by atoms with Crippen LogP contribution in [0.15, 0.2) is 42.5 Å². The third kappa shape index (κ3) is 1.22. The number of ketones is 2. The van der Waals surface area contributed by atoms with E-state index in [9.17, 15) is 9.59 Å². The molecule has 2 aromatic carbocycles. The molecule has 0 atom stereocenters. The Morgan fingerprint density at radius 1 is 0.824 bits per heavy atom. The zero-order valence-electron chi connectivity index (χ0n) is 9.77. The van der Waals surface area contributed by atoms with E-state index in [2.05, 4.69) is 5.11 Å². The Bertz CT molecular complexity index is 676. The maximum Gasteiger partial charge on any atom is 0.293 e. The lowest BCUT2D eigenvalue weighted by Gasteiger charge is -2.17. The van der Waals surface area contributed by atoms with E-state index in [1.807, 2.05) is 0 Å². The van der Waals surface area contributed by atoms with Gasteiger partial charge in [-0.1, -0.05) is 36.4 Å². The standard InChI is InChI=1S/C14H8O3/c15-11-7-3-6-10-12(11)14(17)9-5-2-1-4-8(9)13(10)16/h1-7,15H/i/hD. The van der Waals surface area contributed by atoms with Crippen LogP contribution in [0.1, 0.15) is 31.8 Å². The molecule has 0 fully saturated rings. The van der Waals surface area contributed by atoms with Crippen molar-refractivity contribution in [1.29, 1.82) is 1.43 Å². The fourth-order valence-corrected chi connectivity index (χ4v) is 2.11. The van der Waals surface area contributed by atoms with E-state index < -0.39 is 0 Å². The second-order valence-electron chi connectivity index (χ2n) is 3.88. The highest BCUT2D eigenvalue weighted by molar-refractivity contribution is 6.29. The number of benzene rings is 2. The zero-order chi connectivity index (χ0) is 12.7. The van der Waals surface area contributed by atoms with Crippen LogP contribution < -0.4 is 0 Å². The number of hydrogen-bond donors (Lipinski definition) is 1. The van der Waals surface area contributed by atoms with Crippen molar-refractivity contribution in [3.8, 4) is 5.75 Å². The van der Waals surface area contributed by atoms with Crippen LogP contribution in [0.3, 0.4) is 0 Å². The predicted octanol–water partition coefficient (Wildman–Crippen LogP) is 2.17. The number of fused-ring (bicyclic) bond motifs is 2. The van der Waals surface area contributed by atoms with Gasteiger partial charge in [-0.05, 0) is 6.07 Å². The molecular formula is C14H8O3. The summed E-state index contributed by atoms with van der Waals surface area (Å²) in [6, 6.07) is 11.4. The van der Waals surface area contributed by atoms with Gasteiger partial charge in [-0.2, -0.15) is 0 Å². The van der Waals surface area contributed by atoms with Crippen molar-refractivity contribution in [2.45, 2.75) is 0 Å². The molecule has 0 amide bonds. The SMILES string of the molecule is [2H]Oc1cccc2c1C(=O)c1ccccc1C2=O. The quantitative estimate of drug-likeness (QED) is 0.690. The second-order valence-corrected chi connectivity index (χ2v) is 3.88. The number of carbonyl (C=O) groups excluding carboxylic acids is 2. The van der Waals surface area contributed by atoms with Gasteiger partial charge in [-0.3, -0.25) is 9.59 Å². The summed E-state index contributed by atoms with van der Waals surface area (Å²) in [5.41, 5.74) is 1.23. The predicted molar refractivity (Wildman–Crippen MR) is 61.4 cm³/mol. The summed E-state index contributed by atoms with van der Waals surface area (Å²) in [4.78, 5) is 24.6. The van der Waals surface area contributed by atoms with Crippen molar-refractivity contribution in [1.82, 2.24) is 0 Å². The summed E-state index contributed by atoms with van der Waals surface area (Å²) in [6.45, 7) is 0. The lowest BCUT2D eigenvalue weighted by Crippen LogP contribution is -2.20. The summed E-state index contributed by atoms with van der Waals surface area (Å²) < 4.78 is 6.96. The van der Waals surface area contributed by atoms with E-state index in [0.29, 0.717) is 16.7 Å². The van der Waals surface area contributed by atoms with Crippen LogP contribution in [-0.2, 0) is 0 Å². The van der Waals surface area contributed by atoms with Crippen LogP contribution in [0.4, 0.5) is 0 Å². The minimum absolute atomic E-state index is 0.111. The molecule has 3 nitrogen and oxygen atoms in total. The highest BCUT2D eigenvalue weighted by Gasteiger charge is 2.31. The van der Waals surface area contributed by atoms with E-state index in [0.717, 1.165) is 0 Å². The molecule has 0 radical (unpaired) electrons. The van der Waals surface area contributed by atoms with Gasteiger partial charge in [-0.25, -0.2) is 0 Å². The molecule has 3 heteroatoms. The average Bonchev–Trinajstić information content (AvgIpc) is 2.44. The van der Waals surface area contributed by atoms with Crippen molar-refractivity contribution in [2.24, 2.45) is 0 Å². The monoisotopic (exact) mass is 225 g/mol. The largest absolute Gasteiger partial charge is 0.507 e. The first-order chi connectivity index (χ1) is 8.74. The molecule has 0 saturated heterocycles. The normalized spacial score (nSPS) is 13.8. The molecule has 0 saturated carbocycles. The number of phenolic OH excluding ortho intramolecular Hbond substituents is 1. The Kier molecular flexibility index (Phi) is 1.68. The Hall–Kier alpha value is -2.42. The van der Waals surface area contributed by atoms with Crippen LogP contribution in [0, 0.1) is 0 Å². The number of phenols is 1. The molecule has 3 rings (SSSR count). The molecule has 1 aliphatic rings. The van der Waals surface area contributed by atoms with Gasteiger partial charge < -0.3 is 5.11 Å². The maximum absolute atomic E-state index is 12.3. The minimum Gasteiger partial charge on any atom is -0.507 e. The van der Waals surface area contributed by atoms with Crippen molar-refractivity contribution in [2.75, 3.05) is 0 Å². The molecule has 1 N–H and O–H groups in total. The molecular weight excluding hydrogens is 216 g/mol. The van der Waals surface area contributed by atoms with Gasteiger partial charge in [0.1, 0.15) is 5.75 Å². The van der Waals surface area contributed by atoms with Crippen molar-refractivity contribution < 1.29 is 14.7 Å². The molecule has 0 aliphatic heterocycles. The van der Waals surface area contributed by atoms with Crippen molar-refractivity contribution in [3.05, 3.63) is 64.7 Å². The van der Waals surface area contributed by atoms with E-state index >= 15 is 0 Å². The summed E-state index contributed by atoms with van der Waals surface area (Å²) >= 11 is 0. The van der Waals surface area contributed by atoms with E-state index in [4.69, 9.17) is 1.43 Å². The maximum atomic E-state index is 12.3. The average molecular weight is 225 g/mol. The number of hydrogen-bond acceptors (Lipinski definition) is 3. The lowest BCUT2D eigenvalue weighted by molar-refractivity contribution is 0.0976. The molecule has 17 heavy (non-hydrogen) atoms. The molecule has 0 heterocycles. The molecule has 0 aromatic heterocycles. The topological polar surface area (TPSA) is 54.4 Å². The minimum atomic E-state index is -0.275. The Balaban J connectivity index is 2.34. The van der Waals surface area contributed by atoms with Crippen LogP contribution >= 0.6 is 0 Å². The van der Waals surface area contributed by atoms with E-state index in [1.165, 1.54) is 6.07 Å². The van der Waals surface area contributed by atoms with E-state index in [1.54, 1.807) is 36.4 Å². The Morgan fingerprint density at radius 2 is 1.47 bits per heavy atom. The van der Waals surface area contributed by atoms with Gasteiger partial charge in [0.25, 0.3) is 1.43 Å². The van der Waals surface area contributed by atoms with Gasteiger partial charge in [0.05, 0.1) is 5.56 Å². The summed E-state index contributed by atoms with van der Waals surface area (Å²) in [5.74, 6) is -0.373.